The number of Topliss-reactive ketones (excluding diaryl/α,β-unsaturated/α-hetero) is 1. The molecule has 2 aliphatic rings. The van der Waals surface area contributed by atoms with Crippen molar-refractivity contribution in [3.8, 4) is 0 Å². The van der Waals surface area contributed by atoms with Crippen LogP contribution in [-0.2, 0) is 9.59 Å². The van der Waals surface area contributed by atoms with E-state index < -0.39 is 11.8 Å². The Bertz CT molecular complexity index is 643. The van der Waals surface area contributed by atoms with Crippen LogP contribution in [0, 0.1) is 0 Å². The minimum atomic E-state index is -0.540. The number of ketones is 1. The topological polar surface area (TPSA) is 75.2 Å². The molecular formula is C17H22N4O2S. The fourth-order valence-electron chi connectivity index (χ4n) is 3.22. The lowest BCUT2D eigenvalue weighted by Gasteiger charge is -2.31. The number of hydrogen-bond acceptors (Lipinski definition) is 7. The van der Waals surface area contributed by atoms with Gasteiger partial charge in [-0.15, -0.1) is 11.8 Å². The number of carbonyl (C=O) groups is 2. The first kappa shape index (κ1) is 17.1. The summed E-state index contributed by atoms with van der Waals surface area (Å²) in [5, 5.41) is 3.03. The zero-order valence-electron chi connectivity index (χ0n) is 13.8. The first-order chi connectivity index (χ1) is 11.7. The molecule has 7 heteroatoms. The number of rotatable bonds is 5. The number of anilines is 1. The fourth-order valence-corrected chi connectivity index (χ4v) is 4.20. The Balaban J connectivity index is 1.78. The molecule has 0 spiro atoms. The Kier molecular flexibility index (Phi) is 5.63. The molecule has 1 aliphatic heterocycles. The smallest absolute Gasteiger partial charge is 0.225 e. The third-order valence-corrected chi connectivity index (χ3v) is 5.60. The second kappa shape index (κ2) is 7.90. The predicted octanol–water partition coefficient (Wildman–Crippen LogP) is 2.02. The van der Waals surface area contributed by atoms with Crippen molar-refractivity contribution in [1.82, 2.24) is 15.3 Å². The normalized spacial score (nSPS) is 23.4. The summed E-state index contributed by atoms with van der Waals surface area (Å²) in [6.45, 7) is 0. The Morgan fingerprint density at radius 1 is 1.38 bits per heavy atom. The van der Waals surface area contributed by atoms with E-state index >= 15 is 0 Å². The number of aromatic nitrogens is 2. The van der Waals surface area contributed by atoms with Gasteiger partial charge in [0.1, 0.15) is 6.04 Å². The van der Waals surface area contributed by atoms with Crippen molar-refractivity contribution in [2.75, 3.05) is 17.8 Å². The van der Waals surface area contributed by atoms with E-state index in [-0.39, 0.29) is 0 Å². The van der Waals surface area contributed by atoms with Gasteiger partial charge < -0.3 is 4.90 Å². The van der Waals surface area contributed by atoms with E-state index in [2.05, 4.69) is 20.2 Å². The Labute approximate surface area is 146 Å². The van der Waals surface area contributed by atoms with E-state index in [4.69, 9.17) is 0 Å². The molecule has 1 saturated carbocycles. The number of aldehydes is 1. The van der Waals surface area contributed by atoms with E-state index in [9.17, 15) is 9.59 Å². The average Bonchev–Trinajstić information content (AvgIpc) is 3.09. The molecule has 2 heterocycles. The first-order valence-corrected chi connectivity index (χ1v) is 9.30. The number of nitrogens with zero attached hydrogens (tertiary/aromatic N) is 3. The van der Waals surface area contributed by atoms with Gasteiger partial charge in [0.25, 0.3) is 0 Å². The van der Waals surface area contributed by atoms with Gasteiger partial charge in [-0.05, 0) is 25.0 Å². The Hall–Kier alpha value is -1.73. The monoisotopic (exact) mass is 346 g/mol. The summed E-state index contributed by atoms with van der Waals surface area (Å²) < 4.78 is 0. The summed E-state index contributed by atoms with van der Waals surface area (Å²) in [5.74, 6) is 0.890. The molecule has 24 heavy (non-hydrogen) atoms. The average molecular weight is 346 g/mol. The second-order valence-electron chi connectivity index (χ2n) is 6.18. The van der Waals surface area contributed by atoms with Crippen LogP contribution in [0.4, 0.5) is 5.95 Å². The van der Waals surface area contributed by atoms with Crippen molar-refractivity contribution in [3.05, 3.63) is 22.9 Å². The highest BCUT2D eigenvalue weighted by atomic mass is 32.2. The predicted molar refractivity (Wildman–Crippen MR) is 95.7 cm³/mol. The standard InChI is InChI=1S/C17H22N4O2S/c1-21(13-5-3-2-4-6-13)17-18-8-7-12(20-17)9-15-16(14(23)10-22)19-11-24-15/h7-10,13,16,19H,2-6,11H2,1H3/b15-9-. The van der Waals surface area contributed by atoms with Crippen LogP contribution in [0.25, 0.3) is 6.08 Å². The lowest BCUT2D eigenvalue weighted by molar-refractivity contribution is -0.130. The molecule has 1 aliphatic carbocycles. The molecule has 1 aromatic rings. The summed E-state index contributed by atoms with van der Waals surface area (Å²) >= 11 is 1.53. The zero-order chi connectivity index (χ0) is 16.9. The van der Waals surface area contributed by atoms with Gasteiger partial charge in [0.15, 0.2) is 6.29 Å². The van der Waals surface area contributed by atoms with Crippen LogP contribution in [-0.4, -0.2) is 47.0 Å². The molecule has 0 aromatic carbocycles. The molecule has 3 rings (SSSR count). The molecule has 0 amide bonds. The molecule has 1 N–H and O–H groups in total. The fraction of sp³-hybridized carbons (Fsp3) is 0.529. The van der Waals surface area contributed by atoms with Crippen LogP contribution in [0.1, 0.15) is 37.8 Å². The van der Waals surface area contributed by atoms with Crippen LogP contribution in [0.5, 0.6) is 0 Å². The highest BCUT2D eigenvalue weighted by Gasteiger charge is 2.27. The van der Waals surface area contributed by atoms with Gasteiger partial charge in [-0.25, -0.2) is 9.97 Å². The SMILES string of the molecule is CN(c1nccc(/C=C2\SCNC2C(=O)C=O)n1)C1CCCCC1. The van der Waals surface area contributed by atoms with Gasteiger partial charge in [-0.3, -0.25) is 14.9 Å². The number of hydrogen-bond donors (Lipinski definition) is 1. The first-order valence-electron chi connectivity index (χ1n) is 8.31. The lowest BCUT2D eigenvalue weighted by atomic mass is 9.95. The van der Waals surface area contributed by atoms with Crippen LogP contribution >= 0.6 is 11.8 Å². The molecule has 1 unspecified atom stereocenters. The minimum absolute atomic E-state index is 0.375. The van der Waals surface area contributed by atoms with Gasteiger partial charge >= 0.3 is 0 Å². The van der Waals surface area contributed by atoms with Crippen LogP contribution in [0.15, 0.2) is 17.2 Å². The van der Waals surface area contributed by atoms with Crippen molar-refractivity contribution in [2.24, 2.45) is 0 Å². The molecular weight excluding hydrogens is 324 g/mol. The quantitative estimate of drug-likeness (QED) is 0.646. The maximum atomic E-state index is 11.7. The van der Waals surface area contributed by atoms with E-state index in [1.165, 1.54) is 43.9 Å². The number of carbonyl (C=O) groups excluding carboxylic acids is 2. The molecule has 1 aromatic heterocycles. The number of thioether (sulfide) groups is 1. The largest absolute Gasteiger partial charge is 0.341 e. The van der Waals surface area contributed by atoms with E-state index in [1.54, 1.807) is 6.20 Å². The molecule has 6 nitrogen and oxygen atoms in total. The molecule has 2 fully saturated rings. The summed E-state index contributed by atoms with van der Waals surface area (Å²) in [6, 6.07) is 1.78. The second-order valence-corrected chi connectivity index (χ2v) is 7.23. The summed E-state index contributed by atoms with van der Waals surface area (Å²) in [5.41, 5.74) is 0.762. The van der Waals surface area contributed by atoms with E-state index in [1.807, 2.05) is 19.2 Å². The van der Waals surface area contributed by atoms with Crippen LogP contribution in [0.3, 0.4) is 0 Å². The number of nitrogens with one attached hydrogen (secondary N) is 1. The summed E-state index contributed by atoms with van der Waals surface area (Å²) in [7, 11) is 2.05. The van der Waals surface area contributed by atoms with Crippen molar-refractivity contribution < 1.29 is 9.59 Å². The van der Waals surface area contributed by atoms with Crippen molar-refractivity contribution in [1.29, 1.82) is 0 Å². The van der Waals surface area contributed by atoms with Gasteiger partial charge in [0, 0.05) is 30.1 Å². The third-order valence-electron chi connectivity index (χ3n) is 4.60. The van der Waals surface area contributed by atoms with Gasteiger partial charge in [0.05, 0.1) is 5.69 Å². The molecule has 128 valence electrons. The highest BCUT2D eigenvalue weighted by Crippen LogP contribution is 2.28. The van der Waals surface area contributed by atoms with Crippen molar-refractivity contribution in [2.45, 2.75) is 44.2 Å². The van der Waals surface area contributed by atoms with Gasteiger partial charge in [0.2, 0.25) is 11.7 Å². The molecule has 1 atom stereocenters. The highest BCUT2D eigenvalue weighted by molar-refractivity contribution is 8.03. The van der Waals surface area contributed by atoms with E-state index in [0.29, 0.717) is 24.2 Å². The summed E-state index contributed by atoms with van der Waals surface area (Å²) in [6.07, 6.45) is 10.2. The van der Waals surface area contributed by atoms with Crippen LogP contribution < -0.4 is 10.2 Å². The zero-order valence-corrected chi connectivity index (χ0v) is 14.6. The lowest BCUT2D eigenvalue weighted by Crippen LogP contribution is -2.34. The maximum absolute atomic E-state index is 11.7. The molecule has 0 radical (unpaired) electrons. The summed E-state index contributed by atoms with van der Waals surface area (Å²) in [4.78, 5) is 34.4. The Morgan fingerprint density at radius 3 is 2.92 bits per heavy atom. The maximum Gasteiger partial charge on any atom is 0.225 e. The van der Waals surface area contributed by atoms with Crippen molar-refractivity contribution >= 4 is 35.9 Å². The van der Waals surface area contributed by atoms with Crippen LogP contribution in [0.2, 0.25) is 0 Å². The molecule has 1 saturated heterocycles. The van der Waals surface area contributed by atoms with Gasteiger partial charge in [-0.1, -0.05) is 19.3 Å². The molecule has 0 bridgehead atoms. The third kappa shape index (κ3) is 3.84. The minimum Gasteiger partial charge on any atom is -0.341 e. The van der Waals surface area contributed by atoms with Crippen molar-refractivity contribution in [3.63, 3.8) is 0 Å². The Morgan fingerprint density at radius 2 is 2.17 bits per heavy atom. The van der Waals surface area contributed by atoms with E-state index in [0.717, 1.165) is 10.6 Å². The van der Waals surface area contributed by atoms with Gasteiger partial charge in [-0.2, -0.15) is 0 Å².